The summed E-state index contributed by atoms with van der Waals surface area (Å²) in [6.45, 7) is 0.993. The molecule has 0 spiro atoms. The molecule has 1 aromatic rings. The van der Waals surface area contributed by atoms with E-state index in [0.29, 0.717) is 0 Å². The topological polar surface area (TPSA) is 12.0 Å². The average molecular weight is 339 g/mol. The molecule has 0 bridgehead atoms. The van der Waals surface area contributed by atoms with Crippen molar-refractivity contribution in [1.82, 2.24) is 5.32 Å². The summed E-state index contributed by atoms with van der Waals surface area (Å²) in [6.07, 6.45) is 5.49. The summed E-state index contributed by atoms with van der Waals surface area (Å²) < 4.78 is 2.45. The molecule has 0 radical (unpaired) electrons. The van der Waals surface area contributed by atoms with Crippen molar-refractivity contribution in [3.63, 3.8) is 0 Å². The molecule has 1 fully saturated rings. The summed E-state index contributed by atoms with van der Waals surface area (Å²) in [7, 11) is 0. The minimum Gasteiger partial charge on any atom is -0.310 e. The Bertz CT molecular complexity index is 305. The van der Waals surface area contributed by atoms with E-state index in [-0.39, 0.29) is 0 Å². The van der Waals surface area contributed by atoms with Crippen LogP contribution in [0.4, 0.5) is 0 Å². The van der Waals surface area contributed by atoms with Crippen LogP contribution in [0.5, 0.6) is 0 Å². The number of hydrogen-bond donors (Lipinski definition) is 1. The Labute approximate surface area is 106 Å². The Balaban J connectivity index is 1.87. The molecule has 1 N–H and O–H groups in total. The Kier molecular flexibility index (Phi) is 4.05. The molecule has 1 nitrogen and oxygen atoms in total. The Hall–Kier alpha value is 0.620. The van der Waals surface area contributed by atoms with Gasteiger partial charge in [-0.2, -0.15) is 0 Å². The third kappa shape index (κ3) is 2.81. The van der Waals surface area contributed by atoms with Gasteiger partial charge in [-0.15, -0.1) is 11.3 Å². The lowest BCUT2D eigenvalue weighted by Crippen LogP contribution is -2.25. The van der Waals surface area contributed by atoms with Crippen LogP contribution in [0.2, 0.25) is 0 Å². The van der Waals surface area contributed by atoms with Gasteiger partial charge in [0.15, 0.2) is 0 Å². The number of halogens is 2. The first kappa shape index (κ1) is 11.1. The van der Waals surface area contributed by atoms with Gasteiger partial charge in [0.1, 0.15) is 0 Å². The molecule has 0 aliphatic heterocycles. The van der Waals surface area contributed by atoms with Gasteiger partial charge < -0.3 is 5.32 Å². The minimum absolute atomic E-state index is 0.751. The fourth-order valence-electron chi connectivity index (χ4n) is 1.88. The maximum Gasteiger partial charge on any atom is 0.0755 e. The van der Waals surface area contributed by atoms with Gasteiger partial charge in [0, 0.05) is 12.6 Å². The van der Waals surface area contributed by atoms with E-state index in [1.54, 1.807) is 11.3 Å². The lowest BCUT2D eigenvalue weighted by molar-refractivity contribution is 0.524. The fourth-order valence-corrected chi connectivity index (χ4v) is 4.71. The first-order chi connectivity index (χ1) is 6.75. The van der Waals surface area contributed by atoms with Crippen molar-refractivity contribution in [2.75, 3.05) is 0 Å². The van der Waals surface area contributed by atoms with Gasteiger partial charge in [-0.1, -0.05) is 12.8 Å². The third-order valence-corrected chi connectivity index (χ3v) is 5.13. The molecule has 0 amide bonds. The standard InChI is InChI=1S/C10H13Br2NS/c11-9-5-7(10(12)14-9)6-13-8-3-1-2-4-8/h5,8,13H,1-4,6H2. The molecule has 0 atom stereocenters. The molecule has 1 heterocycles. The second-order valence-electron chi connectivity index (χ2n) is 3.71. The Morgan fingerprint density at radius 2 is 2.07 bits per heavy atom. The zero-order chi connectivity index (χ0) is 9.97. The highest BCUT2D eigenvalue weighted by Crippen LogP contribution is 2.32. The van der Waals surface area contributed by atoms with Crippen LogP contribution in [0, 0.1) is 0 Å². The van der Waals surface area contributed by atoms with Crippen molar-refractivity contribution in [3.8, 4) is 0 Å². The van der Waals surface area contributed by atoms with Crippen molar-refractivity contribution >= 4 is 43.2 Å². The first-order valence-corrected chi connectivity index (χ1v) is 7.33. The molecule has 1 aliphatic carbocycles. The van der Waals surface area contributed by atoms with E-state index in [2.05, 4.69) is 43.2 Å². The van der Waals surface area contributed by atoms with Crippen molar-refractivity contribution in [3.05, 3.63) is 19.2 Å². The van der Waals surface area contributed by atoms with Crippen LogP contribution in [0.1, 0.15) is 31.2 Å². The van der Waals surface area contributed by atoms with Crippen molar-refractivity contribution in [2.45, 2.75) is 38.3 Å². The van der Waals surface area contributed by atoms with E-state index >= 15 is 0 Å². The summed E-state index contributed by atoms with van der Waals surface area (Å²) in [5.41, 5.74) is 1.37. The number of rotatable bonds is 3. The molecule has 2 rings (SSSR count). The van der Waals surface area contributed by atoms with Crippen molar-refractivity contribution in [2.24, 2.45) is 0 Å². The molecule has 78 valence electrons. The van der Waals surface area contributed by atoms with Crippen molar-refractivity contribution in [1.29, 1.82) is 0 Å². The van der Waals surface area contributed by atoms with E-state index in [0.717, 1.165) is 12.6 Å². The normalized spacial score (nSPS) is 17.9. The second-order valence-corrected chi connectivity index (χ2v) is 7.46. The highest BCUT2D eigenvalue weighted by molar-refractivity contribution is 9.12. The van der Waals surface area contributed by atoms with Gasteiger partial charge >= 0.3 is 0 Å². The van der Waals surface area contributed by atoms with Crippen LogP contribution >= 0.6 is 43.2 Å². The number of thiophene rings is 1. The largest absolute Gasteiger partial charge is 0.310 e. The van der Waals surface area contributed by atoms with E-state index in [9.17, 15) is 0 Å². The molecular weight excluding hydrogens is 326 g/mol. The highest BCUT2D eigenvalue weighted by atomic mass is 79.9. The predicted octanol–water partition coefficient (Wildman–Crippen LogP) is 4.31. The Morgan fingerprint density at radius 3 is 2.64 bits per heavy atom. The quantitative estimate of drug-likeness (QED) is 0.866. The van der Waals surface area contributed by atoms with Crippen LogP contribution in [-0.4, -0.2) is 6.04 Å². The summed E-state index contributed by atoms with van der Waals surface area (Å²) in [4.78, 5) is 0. The number of hydrogen-bond acceptors (Lipinski definition) is 2. The monoisotopic (exact) mass is 337 g/mol. The van der Waals surface area contributed by atoms with Gasteiger partial charge in [-0.3, -0.25) is 0 Å². The van der Waals surface area contributed by atoms with Crippen LogP contribution in [0.25, 0.3) is 0 Å². The summed E-state index contributed by atoms with van der Waals surface area (Å²) in [5, 5.41) is 3.61. The molecular formula is C10H13Br2NS. The molecule has 0 unspecified atom stereocenters. The minimum atomic E-state index is 0.751. The third-order valence-electron chi connectivity index (χ3n) is 2.66. The SMILES string of the molecule is Brc1cc(CNC2CCCC2)c(Br)s1. The summed E-state index contributed by atoms with van der Waals surface area (Å²) >= 11 is 8.82. The molecule has 1 aliphatic rings. The molecule has 14 heavy (non-hydrogen) atoms. The van der Waals surface area contributed by atoms with E-state index < -0.39 is 0 Å². The van der Waals surface area contributed by atoms with Crippen LogP contribution < -0.4 is 5.32 Å². The van der Waals surface area contributed by atoms with Crippen LogP contribution in [0.3, 0.4) is 0 Å². The summed E-state index contributed by atoms with van der Waals surface area (Å²) in [5.74, 6) is 0. The molecule has 0 saturated heterocycles. The maximum absolute atomic E-state index is 3.61. The van der Waals surface area contributed by atoms with E-state index in [4.69, 9.17) is 0 Å². The average Bonchev–Trinajstić information content (AvgIpc) is 2.72. The zero-order valence-corrected chi connectivity index (χ0v) is 11.8. The summed E-state index contributed by atoms with van der Waals surface area (Å²) in [6, 6.07) is 2.94. The Morgan fingerprint density at radius 1 is 1.36 bits per heavy atom. The fraction of sp³-hybridized carbons (Fsp3) is 0.600. The van der Waals surface area contributed by atoms with Gasteiger partial charge in [0.25, 0.3) is 0 Å². The van der Waals surface area contributed by atoms with Crippen LogP contribution in [-0.2, 0) is 6.54 Å². The van der Waals surface area contributed by atoms with Gasteiger partial charge in [0.2, 0.25) is 0 Å². The van der Waals surface area contributed by atoms with Crippen molar-refractivity contribution < 1.29 is 0 Å². The van der Waals surface area contributed by atoms with Gasteiger partial charge in [-0.25, -0.2) is 0 Å². The smallest absolute Gasteiger partial charge is 0.0755 e. The maximum atomic E-state index is 3.61. The molecule has 0 aromatic carbocycles. The second kappa shape index (κ2) is 5.10. The molecule has 1 saturated carbocycles. The zero-order valence-electron chi connectivity index (χ0n) is 7.85. The molecule has 1 aromatic heterocycles. The lowest BCUT2D eigenvalue weighted by Gasteiger charge is -2.10. The molecule has 4 heteroatoms. The van der Waals surface area contributed by atoms with Crippen LogP contribution in [0.15, 0.2) is 13.6 Å². The van der Waals surface area contributed by atoms with Gasteiger partial charge in [0.05, 0.1) is 7.57 Å². The first-order valence-electron chi connectivity index (χ1n) is 4.93. The lowest BCUT2D eigenvalue weighted by atomic mass is 10.2. The predicted molar refractivity (Wildman–Crippen MR) is 68.8 cm³/mol. The van der Waals surface area contributed by atoms with Gasteiger partial charge in [-0.05, 0) is 56.3 Å². The highest BCUT2D eigenvalue weighted by Gasteiger charge is 2.14. The van der Waals surface area contributed by atoms with E-state index in [1.165, 1.54) is 38.8 Å². The number of nitrogens with one attached hydrogen (secondary N) is 1. The van der Waals surface area contributed by atoms with E-state index in [1.807, 2.05) is 0 Å².